The summed E-state index contributed by atoms with van der Waals surface area (Å²) in [5.41, 5.74) is 6.80. The molecule has 1 aromatic carbocycles. The quantitative estimate of drug-likeness (QED) is 0.395. The van der Waals surface area contributed by atoms with Crippen molar-refractivity contribution in [3.05, 3.63) is 69.7 Å². The Morgan fingerprint density at radius 1 is 1.27 bits per heavy atom. The van der Waals surface area contributed by atoms with Crippen LogP contribution in [0.5, 0.6) is 0 Å². The van der Waals surface area contributed by atoms with Gasteiger partial charge in [-0.05, 0) is 53.5 Å². The van der Waals surface area contributed by atoms with Crippen LogP contribution in [0.2, 0.25) is 5.02 Å². The van der Waals surface area contributed by atoms with Crippen LogP contribution in [0.4, 0.5) is 8.78 Å². The number of aromatic amines is 1. The van der Waals surface area contributed by atoms with Gasteiger partial charge in [-0.1, -0.05) is 11.6 Å². The Bertz CT molecular complexity index is 1580. The Kier molecular flexibility index (Phi) is 5.60. The van der Waals surface area contributed by atoms with Crippen molar-refractivity contribution in [2.24, 2.45) is 5.73 Å². The van der Waals surface area contributed by atoms with Crippen molar-refractivity contribution >= 4 is 40.3 Å². The van der Waals surface area contributed by atoms with Gasteiger partial charge in [-0.2, -0.15) is 4.68 Å². The number of fused-ring (bicyclic) bond motifs is 1. The van der Waals surface area contributed by atoms with Crippen molar-refractivity contribution in [1.82, 2.24) is 35.1 Å². The van der Waals surface area contributed by atoms with Crippen LogP contribution in [-0.2, 0) is 4.79 Å². The molecule has 1 fully saturated rings. The molecule has 0 saturated carbocycles. The van der Waals surface area contributed by atoms with Crippen LogP contribution in [-0.4, -0.2) is 52.9 Å². The molecule has 0 spiro atoms. The highest BCUT2D eigenvalue weighted by molar-refractivity contribution is 7.17. The molecule has 1 saturated heterocycles. The predicted molar refractivity (Wildman–Crippen MR) is 130 cm³/mol. The van der Waals surface area contributed by atoms with E-state index in [-0.39, 0.29) is 33.5 Å². The van der Waals surface area contributed by atoms with Crippen LogP contribution in [0.1, 0.15) is 46.4 Å². The maximum atomic E-state index is 15.2. The van der Waals surface area contributed by atoms with Crippen LogP contribution in [0, 0.1) is 11.6 Å². The number of nitrogens with zero attached hydrogens (tertiary/aromatic N) is 6. The third-order valence-corrected chi connectivity index (χ3v) is 8.04. The lowest BCUT2D eigenvalue weighted by Crippen LogP contribution is -2.39. The second-order valence-electron chi connectivity index (χ2n) is 8.71. The molecule has 188 valence electrons. The predicted octanol–water partition coefficient (Wildman–Crippen LogP) is 3.66. The zero-order chi connectivity index (χ0) is 25.8. The third kappa shape index (κ3) is 3.90. The number of amides is 2. The molecule has 2 aliphatic heterocycles. The molecule has 10 nitrogen and oxygen atoms in total. The van der Waals surface area contributed by atoms with Gasteiger partial charge < -0.3 is 15.6 Å². The smallest absolute Gasteiger partial charge is 0.261 e. The monoisotopic (exact) mass is 542 g/mol. The molecule has 14 heteroatoms. The first-order valence-corrected chi connectivity index (χ1v) is 12.4. The second kappa shape index (κ2) is 8.85. The molecular formula is C23H17ClF2N8O2S. The second-order valence-corrected chi connectivity index (χ2v) is 10.2. The first kappa shape index (κ1) is 23.4. The minimum absolute atomic E-state index is 0.0699. The summed E-state index contributed by atoms with van der Waals surface area (Å²) in [5, 5.41) is 11.0. The number of primary amides is 1. The summed E-state index contributed by atoms with van der Waals surface area (Å²) < 4.78 is 30.6. The van der Waals surface area contributed by atoms with Gasteiger partial charge in [0.15, 0.2) is 5.82 Å². The molecule has 0 radical (unpaired) electrons. The van der Waals surface area contributed by atoms with Gasteiger partial charge >= 0.3 is 0 Å². The molecule has 3 aromatic heterocycles. The van der Waals surface area contributed by atoms with E-state index in [2.05, 4.69) is 25.5 Å². The van der Waals surface area contributed by atoms with Gasteiger partial charge in [-0.15, -0.1) is 16.4 Å². The Morgan fingerprint density at radius 3 is 2.84 bits per heavy atom. The van der Waals surface area contributed by atoms with E-state index in [0.29, 0.717) is 46.9 Å². The summed E-state index contributed by atoms with van der Waals surface area (Å²) in [4.78, 5) is 34.4. The van der Waals surface area contributed by atoms with Crippen molar-refractivity contribution in [3.63, 3.8) is 0 Å². The largest absolute Gasteiger partial charge is 0.365 e. The average molecular weight is 543 g/mol. The lowest BCUT2D eigenvalue weighted by molar-refractivity contribution is -0.129. The molecule has 3 N–H and O–H groups in total. The molecule has 0 aliphatic carbocycles. The number of nitrogens with two attached hydrogens (primary N) is 1. The molecule has 5 heterocycles. The molecule has 0 bridgehead atoms. The highest BCUT2D eigenvalue weighted by Gasteiger charge is 2.42. The zero-order valence-corrected chi connectivity index (χ0v) is 20.4. The summed E-state index contributed by atoms with van der Waals surface area (Å²) in [6, 6.07) is 3.72. The number of H-pyrrole nitrogens is 1. The van der Waals surface area contributed by atoms with Gasteiger partial charge in [0.1, 0.15) is 22.8 Å². The van der Waals surface area contributed by atoms with Crippen LogP contribution in [0.3, 0.4) is 0 Å². The minimum atomic E-state index is -0.840. The maximum Gasteiger partial charge on any atom is 0.261 e. The van der Waals surface area contributed by atoms with Gasteiger partial charge in [0.05, 0.1) is 33.5 Å². The van der Waals surface area contributed by atoms with Gasteiger partial charge in [0.2, 0.25) is 5.91 Å². The molecular weight excluding hydrogens is 526 g/mol. The number of carbonyl (C=O) groups excluding carboxylic acids is 2. The Balaban J connectivity index is 1.31. The number of hydrogen-bond donors (Lipinski definition) is 2. The number of rotatable bonds is 5. The number of thiophene rings is 1. The highest BCUT2D eigenvalue weighted by atomic mass is 35.5. The Labute approximate surface area is 216 Å². The number of hydrogen-bond acceptors (Lipinski definition) is 7. The van der Waals surface area contributed by atoms with Crippen LogP contribution in [0.25, 0.3) is 21.8 Å². The van der Waals surface area contributed by atoms with E-state index in [4.69, 9.17) is 17.3 Å². The van der Waals surface area contributed by atoms with Gasteiger partial charge in [0, 0.05) is 17.7 Å². The molecule has 2 aliphatic rings. The van der Waals surface area contributed by atoms with Crippen molar-refractivity contribution in [2.45, 2.75) is 31.3 Å². The Hall–Kier alpha value is -3.97. The topological polar surface area (TPSA) is 136 Å². The van der Waals surface area contributed by atoms with Crippen molar-refractivity contribution < 1.29 is 18.4 Å². The summed E-state index contributed by atoms with van der Waals surface area (Å²) in [6.45, 7) is 0. The number of halogens is 3. The molecule has 4 aromatic rings. The van der Waals surface area contributed by atoms with E-state index in [0.717, 1.165) is 11.3 Å². The van der Waals surface area contributed by atoms with E-state index in [1.165, 1.54) is 35.4 Å². The zero-order valence-electron chi connectivity index (χ0n) is 18.9. The van der Waals surface area contributed by atoms with Crippen LogP contribution >= 0.6 is 22.9 Å². The standard InChI is InChI=1S/C23H17ClF2N8O2S/c24-12-2-4-15(33-9-29-31-32-33)19(20(12)26)10-5-11-1-3-16(34(11)18(35)6-10)23-28-8-14(30-23)17-7-13(25)21(37-17)22(27)36/h2,4,6-9,11,16H,1,3,5H2,(H2,27,36)(H,28,30)/t11-,16-/m0/s1. The Morgan fingerprint density at radius 2 is 2.11 bits per heavy atom. The molecule has 37 heavy (non-hydrogen) atoms. The first-order chi connectivity index (χ1) is 17.8. The van der Waals surface area contributed by atoms with E-state index < -0.39 is 17.5 Å². The molecule has 6 rings (SSSR count). The average Bonchev–Trinajstić information content (AvgIpc) is 3.66. The first-order valence-electron chi connectivity index (χ1n) is 11.2. The van der Waals surface area contributed by atoms with Gasteiger partial charge in [-0.3, -0.25) is 9.59 Å². The lowest BCUT2D eigenvalue weighted by Gasteiger charge is -2.33. The molecule has 2 atom stereocenters. The fraction of sp³-hybridized carbons (Fsp3) is 0.217. The summed E-state index contributed by atoms with van der Waals surface area (Å²) in [5.74, 6) is -1.92. The number of nitrogens with one attached hydrogen (secondary N) is 1. The fourth-order valence-corrected chi connectivity index (χ4v) is 6.02. The van der Waals surface area contributed by atoms with Crippen molar-refractivity contribution in [1.29, 1.82) is 0 Å². The lowest BCUT2D eigenvalue weighted by atomic mass is 9.92. The van der Waals surface area contributed by atoms with Crippen LogP contribution in [0.15, 0.2) is 36.8 Å². The number of tetrazole rings is 1. The van der Waals surface area contributed by atoms with Crippen LogP contribution < -0.4 is 5.73 Å². The van der Waals surface area contributed by atoms with Crippen molar-refractivity contribution in [3.8, 4) is 16.3 Å². The van der Waals surface area contributed by atoms with Crippen molar-refractivity contribution in [2.75, 3.05) is 0 Å². The van der Waals surface area contributed by atoms with E-state index in [9.17, 15) is 14.0 Å². The third-order valence-electron chi connectivity index (χ3n) is 6.59. The molecule has 2 amide bonds. The van der Waals surface area contributed by atoms with E-state index >= 15 is 4.39 Å². The normalized spacial score (nSPS) is 19.3. The number of imidazole rings is 1. The SMILES string of the molecule is NC(=O)c1sc(-c2cnc([C@@H]3CC[C@H]4CC(c5c(-n6cnnn6)ccc(Cl)c5F)=CC(=O)N43)[nH]2)cc1F. The highest BCUT2D eigenvalue weighted by Crippen LogP contribution is 2.44. The van der Waals surface area contributed by atoms with Gasteiger partial charge in [0.25, 0.3) is 5.91 Å². The fourth-order valence-electron chi connectivity index (χ4n) is 5.01. The number of aromatic nitrogens is 6. The van der Waals surface area contributed by atoms with Gasteiger partial charge in [-0.25, -0.2) is 13.8 Å². The minimum Gasteiger partial charge on any atom is -0.365 e. The summed E-state index contributed by atoms with van der Waals surface area (Å²) >= 11 is 7.01. The van der Waals surface area contributed by atoms with E-state index in [1.807, 2.05) is 0 Å². The number of benzene rings is 1. The summed E-state index contributed by atoms with van der Waals surface area (Å²) in [6.07, 6.45) is 6.00. The summed E-state index contributed by atoms with van der Waals surface area (Å²) in [7, 11) is 0. The maximum absolute atomic E-state index is 15.2. The molecule has 0 unspecified atom stereocenters. The number of carbonyl (C=O) groups is 2. The van der Waals surface area contributed by atoms with E-state index in [1.54, 1.807) is 11.0 Å².